The number of methoxy groups -OCH3 is 1. The fourth-order valence-electron chi connectivity index (χ4n) is 5.12. The topological polar surface area (TPSA) is 134 Å². The van der Waals surface area contributed by atoms with E-state index >= 15 is 0 Å². The van der Waals surface area contributed by atoms with Crippen molar-refractivity contribution < 1.29 is 32.0 Å². The van der Waals surface area contributed by atoms with Crippen LogP contribution in [0.1, 0.15) is 35.6 Å². The van der Waals surface area contributed by atoms with Gasteiger partial charge >= 0.3 is 16.1 Å². The molecule has 0 amide bonds. The van der Waals surface area contributed by atoms with E-state index in [1.165, 1.54) is 23.8 Å². The SMILES string of the molecule is CC[C@@]1(O)C(=O)OCc2c1cc1n(c2=O)Cc2cc3c(OS(=O)(=O)c4ccc(C)cc4)c(OC)ccc3nc2-1. The number of pyridine rings is 2. The lowest BCUT2D eigenvalue weighted by Gasteiger charge is -2.31. The maximum Gasteiger partial charge on any atom is 0.343 e. The van der Waals surface area contributed by atoms with Crippen LogP contribution in [-0.2, 0) is 38.4 Å². The predicted molar refractivity (Wildman–Crippen MR) is 140 cm³/mol. The Morgan fingerprint density at radius 1 is 1.13 bits per heavy atom. The van der Waals surface area contributed by atoms with Gasteiger partial charge in [0.2, 0.25) is 0 Å². The molecule has 4 heterocycles. The number of carbonyl (C=O) groups excluding carboxylic acids is 1. The average Bonchev–Trinajstić information content (AvgIpc) is 3.28. The molecule has 2 aliphatic heterocycles. The second kappa shape index (κ2) is 8.65. The van der Waals surface area contributed by atoms with E-state index in [2.05, 4.69) is 0 Å². The van der Waals surface area contributed by atoms with E-state index in [4.69, 9.17) is 18.6 Å². The van der Waals surface area contributed by atoms with Crippen LogP contribution in [-0.4, -0.2) is 36.2 Å². The smallest absolute Gasteiger partial charge is 0.343 e. The van der Waals surface area contributed by atoms with E-state index in [0.29, 0.717) is 27.9 Å². The van der Waals surface area contributed by atoms with Crippen molar-refractivity contribution in [1.82, 2.24) is 9.55 Å². The maximum absolute atomic E-state index is 13.4. The Morgan fingerprint density at radius 2 is 1.87 bits per heavy atom. The molecule has 1 N–H and O–H groups in total. The van der Waals surface area contributed by atoms with E-state index in [9.17, 15) is 23.1 Å². The minimum Gasteiger partial charge on any atom is -0.493 e. The van der Waals surface area contributed by atoms with Gasteiger partial charge in [0.25, 0.3) is 5.56 Å². The van der Waals surface area contributed by atoms with Gasteiger partial charge in [0.05, 0.1) is 36.1 Å². The first-order valence-electron chi connectivity index (χ1n) is 12.3. The third kappa shape index (κ3) is 3.72. The Labute approximate surface area is 223 Å². The first-order valence-corrected chi connectivity index (χ1v) is 13.7. The van der Waals surface area contributed by atoms with E-state index in [-0.39, 0.29) is 52.7 Å². The third-order valence-corrected chi connectivity index (χ3v) is 8.56. The molecule has 0 saturated heterocycles. The Hall–Kier alpha value is -4.22. The molecule has 200 valence electrons. The lowest BCUT2D eigenvalue weighted by atomic mass is 9.86. The second-order valence-corrected chi connectivity index (χ2v) is 11.2. The average molecular weight is 549 g/mol. The molecule has 0 radical (unpaired) electrons. The van der Waals surface area contributed by atoms with Crippen molar-refractivity contribution >= 4 is 27.0 Å². The molecular formula is C28H24N2O8S. The minimum absolute atomic E-state index is 0.00834. The Kier molecular flexibility index (Phi) is 5.56. The zero-order valence-corrected chi connectivity index (χ0v) is 22.2. The van der Waals surface area contributed by atoms with Gasteiger partial charge in [-0.05, 0) is 49.7 Å². The van der Waals surface area contributed by atoms with Gasteiger partial charge in [-0.15, -0.1) is 0 Å². The highest BCUT2D eigenvalue weighted by Gasteiger charge is 2.45. The molecule has 0 bridgehead atoms. The van der Waals surface area contributed by atoms with Crippen molar-refractivity contribution in [2.75, 3.05) is 7.11 Å². The molecule has 2 aromatic carbocycles. The highest BCUT2D eigenvalue weighted by molar-refractivity contribution is 7.87. The number of hydrogen-bond acceptors (Lipinski definition) is 9. The molecule has 11 heteroatoms. The fourth-order valence-corrected chi connectivity index (χ4v) is 6.07. The van der Waals surface area contributed by atoms with E-state index in [0.717, 1.165) is 5.56 Å². The number of fused-ring (bicyclic) bond motifs is 5. The first-order chi connectivity index (χ1) is 18.6. The quantitative estimate of drug-likeness (QED) is 0.260. The lowest BCUT2D eigenvalue weighted by molar-refractivity contribution is -0.172. The summed E-state index contributed by atoms with van der Waals surface area (Å²) >= 11 is 0. The van der Waals surface area contributed by atoms with Gasteiger partial charge in [0.15, 0.2) is 17.1 Å². The summed E-state index contributed by atoms with van der Waals surface area (Å²) in [5.74, 6) is -0.616. The number of aryl methyl sites for hydroxylation is 1. The number of esters is 1. The van der Waals surface area contributed by atoms with Gasteiger partial charge in [-0.2, -0.15) is 8.42 Å². The molecule has 6 rings (SSSR count). The number of carbonyl (C=O) groups is 1. The molecular weight excluding hydrogens is 524 g/mol. The normalized spacial score (nSPS) is 17.8. The number of benzene rings is 2. The van der Waals surface area contributed by atoms with Gasteiger partial charge in [-0.3, -0.25) is 4.79 Å². The van der Waals surface area contributed by atoms with Crippen molar-refractivity contribution in [2.24, 2.45) is 0 Å². The standard InChI is InChI=1S/C28H24N2O8S/c1-4-28(33)20-12-22-24-16(13-30(22)26(31)19(20)14-37-27(28)32)11-18-21(29-24)9-10-23(36-3)25(18)38-39(34,35)17-7-5-15(2)6-8-17/h5-12,33H,4,13-14H2,1-3H3/t28-/m0/s1. The van der Waals surface area contributed by atoms with Crippen molar-refractivity contribution in [3.63, 3.8) is 0 Å². The van der Waals surface area contributed by atoms with E-state index in [1.54, 1.807) is 43.3 Å². The number of nitrogens with zero attached hydrogens (tertiary/aromatic N) is 2. The molecule has 0 saturated carbocycles. The van der Waals surface area contributed by atoms with Crippen molar-refractivity contribution in [1.29, 1.82) is 0 Å². The Morgan fingerprint density at radius 3 is 2.56 bits per heavy atom. The molecule has 39 heavy (non-hydrogen) atoms. The summed E-state index contributed by atoms with van der Waals surface area (Å²) < 4.78 is 43.9. The van der Waals surface area contributed by atoms with Gasteiger partial charge in [-0.25, -0.2) is 9.78 Å². The van der Waals surface area contributed by atoms with Crippen LogP contribution in [0.25, 0.3) is 22.3 Å². The molecule has 2 aromatic heterocycles. The maximum atomic E-state index is 13.4. The second-order valence-electron chi connectivity index (χ2n) is 9.61. The van der Waals surface area contributed by atoms with Gasteiger partial charge in [-0.1, -0.05) is 24.6 Å². The number of cyclic esters (lactones) is 1. The van der Waals surface area contributed by atoms with Crippen LogP contribution in [0, 0.1) is 6.92 Å². The summed E-state index contributed by atoms with van der Waals surface area (Å²) in [5.41, 5.74) is 1.000. The van der Waals surface area contributed by atoms with Crippen molar-refractivity contribution in [2.45, 2.75) is 43.9 Å². The van der Waals surface area contributed by atoms with Crippen LogP contribution in [0.15, 0.2) is 58.2 Å². The molecule has 2 aliphatic rings. The molecule has 0 unspecified atom stereocenters. The number of rotatable bonds is 5. The molecule has 1 atom stereocenters. The minimum atomic E-state index is -4.20. The van der Waals surface area contributed by atoms with Crippen LogP contribution in [0.5, 0.6) is 11.5 Å². The lowest BCUT2D eigenvalue weighted by Crippen LogP contribution is -2.44. The highest BCUT2D eigenvalue weighted by Crippen LogP contribution is 2.42. The van der Waals surface area contributed by atoms with Crippen LogP contribution >= 0.6 is 0 Å². The summed E-state index contributed by atoms with van der Waals surface area (Å²) in [6.45, 7) is 3.41. The molecule has 0 spiro atoms. The van der Waals surface area contributed by atoms with Gasteiger partial charge in [0.1, 0.15) is 11.5 Å². The van der Waals surface area contributed by atoms with Crippen LogP contribution in [0.4, 0.5) is 0 Å². The summed E-state index contributed by atoms with van der Waals surface area (Å²) in [6, 6.07) is 12.9. The Bertz CT molecular complexity index is 1860. The molecule has 10 nitrogen and oxygen atoms in total. The third-order valence-electron chi connectivity index (χ3n) is 7.33. The summed E-state index contributed by atoms with van der Waals surface area (Å²) in [6.07, 6.45) is 0.0374. The van der Waals surface area contributed by atoms with Gasteiger partial charge < -0.3 is 23.3 Å². The highest BCUT2D eigenvalue weighted by atomic mass is 32.2. The molecule has 0 fully saturated rings. The number of aliphatic hydroxyl groups is 1. The predicted octanol–water partition coefficient (Wildman–Crippen LogP) is 3.16. The van der Waals surface area contributed by atoms with Crippen LogP contribution in [0.3, 0.4) is 0 Å². The molecule has 0 aliphatic carbocycles. The monoisotopic (exact) mass is 548 g/mol. The first kappa shape index (κ1) is 25.1. The zero-order valence-electron chi connectivity index (χ0n) is 21.3. The summed E-state index contributed by atoms with van der Waals surface area (Å²) in [5, 5.41) is 11.4. The van der Waals surface area contributed by atoms with E-state index in [1.807, 2.05) is 6.92 Å². The Balaban J connectivity index is 1.51. The van der Waals surface area contributed by atoms with Crippen LogP contribution < -0.4 is 14.5 Å². The number of aromatic nitrogens is 2. The van der Waals surface area contributed by atoms with Crippen molar-refractivity contribution in [3.05, 3.63) is 81.1 Å². The van der Waals surface area contributed by atoms with Crippen molar-refractivity contribution in [3.8, 4) is 22.9 Å². The summed E-state index contributed by atoms with van der Waals surface area (Å²) in [7, 11) is -2.79. The molecule has 4 aromatic rings. The largest absolute Gasteiger partial charge is 0.493 e. The zero-order chi connectivity index (χ0) is 27.7. The van der Waals surface area contributed by atoms with E-state index < -0.39 is 21.7 Å². The fraction of sp³-hybridized carbons (Fsp3) is 0.250. The number of ether oxygens (including phenoxy) is 2. The number of hydrogen-bond donors (Lipinski definition) is 1. The summed E-state index contributed by atoms with van der Waals surface area (Å²) in [4.78, 5) is 30.6. The van der Waals surface area contributed by atoms with Crippen LogP contribution in [0.2, 0.25) is 0 Å². The van der Waals surface area contributed by atoms with Gasteiger partial charge in [0, 0.05) is 16.5 Å².